The van der Waals surface area contributed by atoms with Crippen molar-refractivity contribution >= 4 is 65.9 Å². The highest BCUT2D eigenvalue weighted by atomic mass is 79.9. The summed E-state index contributed by atoms with van der Waals surface area (Å²) in [5.74, 6) is 1.01. The highest BCUT2D eigenvalue weighted by molar-refractivity contribution is 9.10. The second-order valence-corrected chi connectivity index (χ2v) is 11.0. The van der Waals surface area contributed by atoms with Crippen LogP contribution >= 0.6 is 43.5 Å². The van der Waals surface area contributed by atoms with E-state index in [2.05, 4.69) is 37.0 Å². The van der Waals surface area contributed by atoms with E-state index >= 15 is 0 Å². The molecule has 37 heavy (non-hydrogen) atoms. The van der Waals surface area contributed by atoms with Gasteiger partial charge in [-0.2, -0.15) is 0 Å². The molecule has 0 fully saturated rings. The fourth-order valence-electron chi connectivity index (χ4n) is 5.00. The number of para-hydroxylation sites is 1. The van der Waals surface area contributed by atoms with E-state index in [-0.39, 0.29) is 5.56 Å². The molecule has 7 rings (SSSR count). The molecule has 0 saturated carbocycles. The van der Waals surface area contributed by atoms with Gasteiger partial charge in [0.15, 0.2) is 11.7 Å². The Labute approximate surface area is 233 Å². The van der Waals surface area contributed by atoms with E-state index in [0.29, 0.717) is 33.3 Å². The maximum absolute atomic E-state index is 13.9. The van der Waals surface area contributed by atoms with Crippen LogP contribution in [0.1, 0.15) is 17.0 Å². The Balaban J connectivity index is 1.58. The molecule has 0 radical (unpaired) electrons. The first-order valence-electron chi connectivity index (χ1n) is 11.4. The Morgan fingerprint density at radius 2 is 1.59 bits per heavy atom. The molecule has 3 heterocycles. The van der Waals surface area contributed by atoms with E-state index in [9.17, 15) is 4.79 Å². The summed E-state index contributed by atoms with van der Waals surface area (Å²) in [4.78, 5) is 27.3. The molecule has 180 valence electrons. The lowest BCUT2D eigenvalue weighted by atomic mass is 9.99. The van der Waals surface area contributed by atoms with Crippen molar-refractivity contribution in [1.29, 1.82) is 0 Å². The summed E-state index contributed by atoms with van der Waals surface area (Å²) < 4.78 is 3.42. The summed E-state index contributed by atoms with van der Waals surface area (Å²) in [7, 11) is 0. The topological polar surface area (TPSA) is 59.7 Å². The molecule has 4 aromatic carbocycles. The number of benzene rings is 4. The van der Waals surface area contributed by atoms with Gasteiger partial charge in [0, 0.05) is 25.2 Å². The minimum atomic E-state index is -1.33. The summed E-state index contributed by atoms with van der Waals surface area (Å²) in [5, 5.41) is 5.75. The fourth-order valence-corrected chi connectivity index (χ4v) is 5.76. The van der Waals surface area contributed by atoms with Gasteiger partial charge in [0.2, 0.25) is 0 Å². The van der Waals surface area contributed by atoms with E-state index in [1.165, 1.54) is 0 Å². The fraction of sp³-hybridized carbons (Fsp3) is 0.0357. The standard InChI is InChI=1S/C28H15Br2ClN4O2/c29-17-7-5-16(6-8-17)25-33-37-28(35(25)20-12-10-19(31)11-13-20)22-15-18(30)9-14-24(22)34-26(36)21-3-1-2-4-23(21)32-27(28)34/h1-15H. The van der Waals surface area contributed by atoms with E-state index in [4.69, 9.17) is 21.4 Å². The Morgan fingerprint density at radius 1 is 0.865 bits per heavy atom. The van der Waals surface area contributed by atoms with Gasteiger partial charge >= 0.3 is 5.72 Å². The number of hydrogen-bond acceptors (Lipinski definition) is 5. The number of amidine groups is 1. The molecular weight excluding hydrogens is 620 g/mol. The van der Waals surface area contributed by atoms with Crippen LogP contribution in [0.15, 0.2) is 110 Å². The Bertz CT molecular complexity index is 1820. The van der Waals surface area contributed by atoms with Crippen molar-refractivity contribution in [2.24, 2.45) is 5.16 Å². The molecule has 1 atom stereocenters. The maximum Gasteiger partial charge on any atom is 0.302 e. The second-order valence-electron chi connectivity index (χ2n) is 8.72. The third kappa shape index (κ3) is 3.26. The Morgan fingerprint density at radius 3 is 2.38 bits per heavy atom. The van der Waals surface area contributed by atoms with Gasteiger partial charge in [-0.05, 0) is 66.7 Å². The third-order valence-corrected chi connectivity index (χ3v) is 7.90. The first-order valence-corrected chi connectivity index (χ1v) is 13.3. The molecule has 0 saturated heterocycles. The summed E-state index contributed by atoms with van der Waals surface area (Å²) in [6, 6.07) is 28.4. The van der Waals surface area contributed by atoms with Crippen molar-refractivity contribution in [2.45, 2.75) is 5.72 Å². The van der Waals surface area contributed by atoms with Gasteiger partial charge in [-0.15, -0.1) is 0 Å². The lowest BCUT2D eigenvalue weighted by molar-refractivity contribution is 0.0101. The number of aromatic nitrogens is 2. The molecular formula is C28H15Br2ClN4O2. The summed E-state index contributed by atoms with van der Waals surface area (Å²) in [5.41, 5.74) is 2.14. The highest BCUT2D eigenvalue weighted by Crippen LogP contribution is 2.51. The zero-order valence-electron chi connectivity index (χ0n) is 18.9. The molecule has 0 bridgehead atoms. The van der Waals surface area contributed by atoms with Crippen molar-refractivity contribution in [3.63, 3.8) is 0 Å². The van der Waals surface area contributed by atoms with E-state index < -0.39 is 5.72 Å². The largest absolute Gasteiger partial charge is 0.351 e. The average Bonchev–Trinajstić information content (AvgIpc) is 3.43. The zero-order valence-corrected chi connectivity index (χ0v) is 22.8. The van der Waals surface area contributed by atoms with Crippen molar-refractivity contribution in [1.82, 2.24) is 9.55 Å². The van der Waals surface area contributed by atoms with Gasteiger partial charge in [0.1, 0.15) is 0 Å². The first-order chi connectivity index (χ1) is 18.0. The molecule has 2 aliphatic rings. The second kappa shape index (κ2) is 8.28. The number of anilines is 1. The smallest absolute Gasteiger partial charge is 0.302 e. The molecule has 0 amide bonds. The third-order valence-electron chi connectivity index (χ3n) is 6.62. The molecule has 1 unspecified atom stereocenters. The summed E-state index contributed by atoms with van der Waals surface area (Å²) >= 11 is 13.4. The van der Waals surface area contributed by atoms with Crippen LogP contribution in [0.4, 0.5) is 5.69 Å². The van der Waals surface area contributed by atoms with Crippen LogP contribution < -0.4 is 10.5 Å². The molecule has 1 spiro atoms. The van der Waals surface area contributed by atoms with E-state index in [0.717, 1.165) is 25.8 Å². The van der Waals surface area contributed by atoms with Crippen molar-refractivity contribution in [2.75, 3.05) is 4.90 Å². The van der Waals surface area contributed by atoms with Crippen LogP contribution in [0.3, 0.4) is 0 Å². The lowest BCUT2D eigenvalue weighted by Crippen LogP contribution is -2.48. The van der Waals surface area contributed by atoms with Gasteiger partial charge < -0.3 is 4.84 Å². The Hall–Kier alpha value is -3.46. The lowest BCUT2D eigenvalue weighted by Gasteiger charge is -2.34. The number of oxime groups is 1. The van der Waals surface area contributed by atoms with Crippen molar-refractivity contribution in [3.8, 4) is 5.69 Å². The van der Waals surface area contributed by atoms with Gasteiger partial charge in [0.05, 0.1) is 22.2 Å². The van der Waals surface area contributed by atoms with Crippen LogP contribution in [0.25, 0.3) is 16.6 Å². The predicted octanol–water partition coefficient (Wildman–Crippen LogP) is 6.98. The number of nitrogens with zero attached hydrogens (tertiary/aromatic N) is 4. The van der Waals surface area contributed by atoms with Crippen LogP contribution in [0.2, 0.25) is 5.02 Å². The minimum Gasteiger partial charge on any atom is -0.351 e. The van der Waals surface area contributed by atoms with Crippen LogP contribution in [-0.4, -0.2) is 15.4 Å². The highest BCUT2D eigenvalue weighted by Gasteiger charge is 2.59. The van der Waals surface area contributed by atoms with Crippen LogP contribution in [-0.2, 0) is 10.6 Å². The predicted molar refractivity (Wildman–Crippen MR) is 152 cm³/mol. The van der Waals surface area contributed by atoms with Crippen molar-refractivity contribution < 1.29 is 4.84 Å². The minimum absolute atomic E-state index is 0.169. The number of halogens is 3. The number of hydrogen-bond donors (Lipinski definition) is 0. The number of fused-ring (bicyclic) bond motifs is 6. The van der Waals surface area contributed by atoms with Gasteiger partial charge in [0.25, 0.3) is 5.56 Å². The molecule has 9 heteroatoms. The first kappa shape index (κ1) is 22.7. The molecule has 2 aliphatic heterocycles. The normalized spacial score (nSPS) is 17.6. The van der Waals surface area contributed by atoms with Crippen LogP contribution in [0.5, 0.6) is 0 Å². The SMILES string of the molecule is O=c1c2ccccc2nc2n1-c1ccc(Br)cc1C21ON=C(c2ccc(Br)cc2)N1c1ccc(Cl)cc1. The maximum atomic E-state index is 13.9. The molecule has 0 aliphatic carbocycles. The van der Waals surface area contributed by atoms with E-state index in [1.54, 1.807) is 10.6 Å². The van der Waals surface area contributed by atoms with E-state index in [1.807, 2.05) is 89.8 Å². The molecule has 6 nitrogen and oxygen atoms in total. The van der Waals surface area contributed by atoms with Crippen molar-refractivity contribution in [3.05, 3.63) is 132 Å². The van der Waals surface area contributed by atoms with Gasteiger partial charge in [-0.25, -0.2) is 4.98 Å². The molecule has 5 aromatic rings. The van der Waals surface area contributed by atoms with Crippen LogP contribution in [0, 0.1) is 0 Å². The quantitative estimate of drug-likeness (QED) is 0.210. The monoisotopic (exact) mass is 632 g/mol. The molecule has 0 N–H and O–H groups in total. The zero-order chi connectivity index (χ0) is 25.3. The molecule has 1 aromatic heterocycles. The summed E-state index contributed by atoms with van der Waals surface area (Å²) in [6.45, 7) is 0. The number of rotatable bonds is 2. The summed E-state index contributed by atoms with van der Waals surface area (Å²) in [6.07, 6.45) is 0. The Kier molecular flexibility index (Phi) is 5.08. The van der Waals surface area contributed by atoms with Gasteiger partial charge in [-0.3, -0.25) is 14.3 Å². The van der Waals surface area contributed by atoms with Gasteiger partial charge in [-0.1, -0.05) is 72.9 Å². The average molecular weight is 635 g/mol.